The summed E-state index contributed by atoms with van der Waals surface area (Å²) >= 11 is 0. The summed E-state index contributed by atoms with van der Waals surface area (Å²) in [6, 6.07) is 7.97. The van der Waals surface area contributed by atoms with Gasteiger partial charge in [0.2, 0.25) is 5.82 Å². The van der Waals surface area contributed by atoms with E-state index < -0.39 is 5.97 Å². The second-order valence-corrected chi connectivity index (χ2v) is 5.64. The first kappa shape index (κ1) is 15.2. The zero-order valence-corrected chi connectivity index (χ0v) is 12.9. The Balaban J connectivity index is 1.76. The highest BCUT2D eigenvalue weighted by molar-refractivity contribution is 5.91. The van der Waals surface area contributed by atoms with E-state index in [1.165, 1.54) is 0 Å². The van der Waals surface area contributed by atoms with E-state index in [2.05, 4.69) is 10.2 Å². The average molecular weight is 314 g/mol. The van der Waals surface area contributed by atoms with Crippen LogP contribution in [0.3, 0.4) is 0 Å². The van der Waals surface area contributed by atoms with E-state index in [4.69, 9.17) is 5.11 Å². The van der Waals surface area contributed by atoms with E-state index in [0.29, 0.717) is 31.3 Å². The normalized spacial score (nSPS) is 14.0. The molecular formula is C16H18N4O3. The molecule has 2 aromatic rings. The molecule has 1 N–H and O–H groups in total. The van der Waals surface area contributed by atoms with Gasteiger partial charge in [0.1, 0.15) is 5.82 Å². The average Bonchev–Trinajstić information content (AvgIpc) is 2.94. The Morgan fingerprint density at radius 3 is 2.78 bits per heavy atom. The van der Waals surface area contributed by atoms with Gasteiger partial charge in [-0.1, -0.05) is 24.3 Å². The number of aromatic nitrogens is 3. The van der Waals surface area contributed by atoms with Gasteiger partial charge in [-0.05, 0) is 18.1 Å². The van der Waals surface area contributed by atoms with Crippen LogP contribution < -0.4 is 0 Å². The molecule has 23 heavy (non-hydrogen) atoms. The molecule has 7 nitrogen and oxygen atoms in total. The Labute approximate surface area is 133 Å². The van der Waals surface area contributed by atoms with Crippen LogP contribution in [-0.4, -0.2) is 43.2 Å². The number of aryl methyl sites for hydroxylation is 2. The molecule has 0 saturated carbocycles. The number of hydrogen-bond acceptors (Lipinski definition) is 4. The van der Waals surface area contributed by atoms with Crippen molar-refractivity contribution in [1.82, 2.24) is 19.7 Å². The number of benzene rings is 1. The molecule has 1 aromatic heterocycles. The fourth-order valence-corrected chi connectivity index (χ4v) is 2.74. The Morgan fingerprint density at radius 1 is 1.26 bits per heavy atom. The highest BCUT2D eigenvalue weighted by Crippen LogP contribution is 2.17. The molecule has 1 aliphatic rings. The molecule has 1 aliphatic heterocycles. The lowest BCUT2D eigenvalue weighted by atomic mass is 10.1. The van der Waals surface area contributed by atoms with Crippen molar-refractivity contribution in [3.8, 4) is 0 Å². The van der Waals surface area contributed by atoms with Crippen LogP contribution in [-0.2, 0) is 24.3 Å². The predicted molar refractivity (Wildman–Crippen MR) is 81.9 cm³/mol. The number of fused-ring (bicyclic) bond motifs is 1. The number of nitrogens with zero attached hydrogens (tertiary/aromatic N) is 4. The van der Waals surface area contributed by atoms with Gasteiger partial charge in [0.15, 0.2) is 0 Å². The highest BCUT2D eigenvalue weighted by atomic mass is 16.4. The van der Waals surface area contributed by atoms with Crippen molar-refractivity contribution in [3.63, 3.8) is 0 Å². The van der Waals surface area contributed by atoms with Crippen molar-refractivity contribution in [1.29, 1.82) is 0 Å². The zero-order chi connectivity index (χ0) is 16.4. The Morgan fingerprint density at radius 2 is 2.04 bits per heavy atom. The predicted octanol–water partition coefficient (Wildman–Crippen LogP) is 1.26. The van der Waals surface area contributed by atoms with Crippen LogP contribution in [0.2, 0.25) is 0 Å². The Kier molecular flexibility index (Phi) is 4.10. The van der Waals surface area contributed by atoms with Crippen LogP contribution in [0.5, 0.6) is 0 Å². The van der Waals surface area contributed by atoms with Crippen molar-refractivity contribution in [2.24, 2.45) is 0 Å². The van der Waals surface area contributed by atoms with Crippen LogP contribution >= 0.6 is 0 Å². The first-order valence-corrected chi connectivity index (χ1v) is 7.54. The summed E-state index contributed by atoms with van der Waals surface area (Å²) in [6.07, 6.45) is 0.270. The smallest absolute Gasteiger partial charge is 0.303 e. The molecule has 0 aliphatic carbocycles. The Bertz CT molecular complexity index is 754. The molecule has 2 heterocycles. The van der Waals surface area contributed by atoms with E-state index in [9.17, 15) is 9.59 Å². The maximum Gasteiger partial charge on any atom is 0.303 e. The third-order valence-electron chi connectivity index (χ3n) is 4.08. The van der Waals surface area contributed by atoms with E-state index in [1.807, 2.05) is 31.2 Å². The number of carboxylic acids is 1. The molecule has 0 fully saturated rings. The second kappa shape index (κ2) is 6.20. The van der Waals surface area contributed by atoms with E-state index in [1.54, 1.807) is 9.47 Å². The van der Waals surface area contributed by atoms with E-state index >= 15 is 0 Å². The quantitative estimate of drug-likeness (QED) is 0.897. The third-order valence-corrected chi connectivity index (χ3v) is 4.08. The second-order valence-electron chi connectivity index (χ2n) is 5.64. The minimum absolute atomic E-state index is 0.0146. The van der Waals surface area contributed by atoms with Crippen molar-refractivity contribution in [2.75, 3.05) is 6.54 Å². The molecule has 0 atom stereocenters. The van der Waals surface area contributed by atoms with Crippen molar-refractivity contribution >= 4 is 11.9 Å². The summed E-state index contributed by atoms with van der Waals surface area (Å²) in [4.78, 5) is 25.0. The summed E-state index contributed by atoms with van der Waals surface area (Å²) in [7, 11) is 0. The lowest BCUT2D eigenvalue weighted by Crippen LogP contribution is -2.40. The van der Waals surface area contributed by atoms with Crippen molar-refractivity contribution < 1.29 is 14.7 Å². The van der Waals surface area contributed by atoms with E-state index in [-0.39, 0.29) is 18.7 Å². The largest absolute Gasteiger partial charge is 0.481 e. The van der Waals surface area contributed by atoms with Crippen LogP contribution in [0.4, 0.5) is 0 Å². The molecule has 0 spiro atoms. The third kappa shape index (κ3) is 3.08. The molecule has 120 valence electrons. The van der Waals surface area contributed by atoms with Crippen LogP contribution in [0.1, 0.15) is 34.0 Å². The fraction of sp³-hybridized carbons (Fsp3) is 0.375. The van der Waals surface area contributed by atoms with Gasteiger partial charge in [-0.15, -0.1) is 10.2 Å². The molecular weight excluding hydrogens is 296 g/mol. The fourth-order valence-electron chi connectivity index (χ4n) is 2.74. The molecule has 0 radical (unpaired) electrons. The molecule has 0 unspecified atom stereocenters. The van der Waals surface area contributed by atoms with Gasteiger partial charge in [0, 0.05) is 26.1 Å². The minimum Gasteiger partial charge on any atom is -0.481 e. The van der Waals surface area contributed by atoms with Gasteiger partial charge in [0.05, 0.1) is 6.42 Å². The van der Waals surface area contributed by atoms with Crippen LogP contribution in [0.25, 0.3) is 0 Å². The monoisotopic (exact) mass is 314 g/mol. The van der Waals surface area contributed by atoms with Gasteiger partial charge in [-0.2, -0.15) is 0 Å². The zero-order valence-electron chi connectivity index (χ0n) is 12.9. The Hall–Kier alpha value is -2.70. The van der Waals surface area contributed by atoms with Gasteiger partial charge in [-0.25, -0.2) is 0 Å². The molecule has 0 bridgehead atoms. The summed E-state index contributed by atoms with van der Waals surface area (Å²) in [5.41, 5.74) is 2.26. The lowest BCUT2D eigenvalue weighted by Gasteiger charge is -2.28. The molecule has 1 amide bonds. The lowest BCUT2D eigenvalue weighted by molar-refractivity contribution is -0.137. The minimum atomic E-state index is -0.884. The molecule has 0 saturated heterocycles. The molecule has 7 heteroatoms. The summed E-state index contributed by atoms with van der Waals surface area (Å²) in [5.74, 6) is -0.184. The number of carbonyl (C=O) groups is 2. The highest BCUT2D eigenvalue weighted by Gasteiger charge is 2.29. The summed E-state index contributed by atoms with van der Waals surface area (Å²) in [6.45, 7) is 3.73. The number of carboxylic acid groups (broad SMARTS) is 1. The van der Waals surface area contributed by atoms with E-state index in [0.717, 1.165) is 11.1 Å². The number of rotatable bonds is 5. The van der Waals surface area contributed by atoms with Gasteiger partial charge < -0.3 is 14.6 Å². The van der Waals surface area contributed by atoms with Gasteiger partial charge in [0.25, 0.3) is 5.91 Å². The van der Waals surface area contributed by atoms with Gasteiger partial charge >= 0.3 is 5.97 Å². The van der Waals surface area contributed by atoms with Crippen molar-refractivity contribution in [2.45, 2.75) is 32.9 Å². The molecule has 3 rings (SSSR count). The van der Waals surface area contributed by atoms with Crippen LogP contribution in [0, 0.1) is 6.92 Å². The summed E-state index contributed by atoms with van der Waals surface area (Å²) < 4.78 is 1.74. The number of carbonyl (C=O) groups excluding carboxylic acids is 1. The van der Waals surface area contributed by atoms with Gasteiger partial charge in [-0.3, -0.25) is 9.59 Å². The maximum absolute atomic E-state index is 12.6. The first-order chi connectivity index (χ1) is 11.1. The molecule has 1 aromatic carbocycles. The topological polar surface area (TPSA) is 88.3 Å². The number of amides is 1. The number of hydrogen-bond donors (Lipinski definition) is 1. The number of aliphatic carboxylic acids is 1. The van der Waals surface area contributed by atoms with Crippen LogP contribution in [0.15, 0.2) is 24.3 Å². The van der Waals surface area contributed by atoms with Crippen molar-refractivity contribution in [3.05, 3.63) is 47.0 Å². The SMILES string of the molecule is Cc1ccccc1CN1CCn2c(CCC(=O)O)nnc2C1=O. The maximum atomic E-state index is 12.6. The first-order valence-electron chi connectivity index (χ1n) is 7.54. The summed E-state index contributed by atoms with van der Waals surface area (Å²) in [5, 5.41) is 16.7. The standard InChI is InChI=1S/C16H18N4O3/c1-11-4-2-3-5-12(11)10-19-8-9-20-13(6-7-14(21)22)17-18-15(20)16(19)23/h2-5H,6-10H2,1H3,(H,21,22).